The minimum Gasteiger partial charge on any atom is -0.491 e. The highest BCUT2D eigenvalue weighted by Gasteiger charge is 2.50. The molecule has 0 radical (unpaired) electrons. The van der Waals surface area contributed by atoms with Gasteiger partial charge in [-0.25, -0.2) is 9.37 Å². The molecule has 2 aromatic heterocycles. The molecule has 0 N–H and O–H groups in total. The molecular formula is C24H24F4N4O3. The number of aryl methyl sites for hydroxylation is 1. The van der Waals surface area contributed by atoms with Gasteiger partial charge in [0.1, 0.15) is 29.6 Å². The van der Waals surface area contributed by atoms with Gasteiger partial charge in [-0.3, -0.25) is 9.59 Å². The molecule has 0 unspecified atom stereocenters. The van der Waals surface area contributed by atoms with Crippen LogP contribution in [-0.2, 0) is 12.0 Å². The van der Waals surface area contributed by atoms with Gasteiger partial charge in [0.15, 0.2) is 0 Å². The van der Waals surface area contributed by atoms with Crippen molar-refractivity contribution in [2.75, 3.05) is 19.7 Å². The summed E-state index contributed by atoms with van der Waals surface area (Å²) in [6, 6.07) is 6.11. The third-order valence-corrected chi connectivity index (χ3v) is 6.19. The Hall–Kier alpha value is -3.63. The van der Waals surface area contributed by atoms with Gasteiger partial charge in [0.05, 0.1) is 24.0 Å². The number of carbonyl (C=O) groups excluding carboxylic acids is 1. The highest BCUT2D eigenvalue weighted by molar-refractivity contribution is 5.93. The summed E-state index contributed by atoms with van der Waals surface area (Å²) in [7, 11) is 0. The zero-order chi connectivity index (χ0) is 25.5. The molecule has 3 heterocycles. The maximum atomic E-state index is 13.7. The first-order chi connectivity index (χ1) is 16.4. The topological polar surface area (TPSA) is 69.4 Å². The fourth-order valence-electron chi connectivity index (χ4n) is 3.96. The number of pyridine rings is 1. The second-order valence-electron chi connectivity index (χ2n) is 8.89. The van der Waals surface area contributed by atoms with Crippen LogP contribution >= 0.6 is 0 Å². The number of benzene rings is 1. The van der Waals surface area contributed by atoms with Crippen LogP contribution in [0, 0.1) is 12.7 Å². The van der Waals surface area contributed by atoms with Gasteiger partial charge in [-0.15, -0.1) is 0 Å². The molecule has 7 nitrogen and oxygen atoms in total. The number of alkyl halides is 3. The van der Waals surface area contributed by atoms with Crippen LogP contribution in [-0.4, -0.2) is 50.8 Å². The number of ether oxygens (including phenoxy) is 1. The molecule has 0 saturated heterocycles. The van der Waals surface area contributed by atoms with Gasteiger partial charge >= 0.3 is 6.18 Å². The van der Waals surface area contributed by atoms with Gasteiger partial charge in [0.25, 0.3) is 11.5 Å². The summed E-state index contributed by atoms with van der Waals surface area (Å²) >= 11 is 0. The van der Waals surface area contributed by atoms with Crippen molar-refractivity contribution >= 4 is 5.91 Å². The minimum atomic E-state index is -4.62. The van der Waals surface area contributed by atoms with E-state index in [9.17, 15) is 27.2 Å². The standard InChI is InChI=1S/C24H24F4N4O3/c1-15-13-31(14-29-15)18-5-6-19-21(33)30(8-9-32(19)22(18)34)10-11-35-20-7-4-16(25)12-17(20)23(2,3)24(26,27)28/h4-7,12-14H,8-11H2,1-3H3. The van der Waals surface area contributed by atoms with Crippen LogP contribution in [0.25, 0.3) is 5.69 Å². The number of hydrogen-bond donors (Lipinski definition) is 0. The quantitative estimate of drug-likeness (QED) is 0.490. The van der Waals surface area contributed by atoms with E-state index in [4.69, 9.17) is 4.74 Å². The van der Waals surface area contributed by atoms with Crippen LogP contribution in [0.3, 0.4) is 0 Å². The highest BCUT2D eigenvalue weighted by Crippen LogP contribution is 2.44. The summed E-state index contributed by atoms with van der Waals surface area (Å²) in [6.07, 6.45) is -1.38. The van der Waals surface area contributed by atoms with Crippen LogP contribution < -0.4 is 10.3 Å². The van der Waals surface area contributed by atoms with Crippen molar-refractivity contribution in [1.82, 2.24) is 19.0 Å². The number of nitrogens with zero attached hydrogens (tertiary/aromatic N) is 4. The molecule has 3 aromatic rings. The van der Waals surface area contributed by atoms with Gasteiger partial charge in [0, 0.05) is 24.8 Å². The van der Waals surface area contributed by atoms with Crippen molar-refractivity contribution in [3.05, 3.63) is 76.0 Å². The lowest BCUT2D eigenvalue weighted by Gasteiger charge is -2.31. The maximum Gasteiger partial charge on any atom is 0.398 e. The van der Waals surface area contributed by atoms with Gasteiger partial charge in [0.2, 0.25) is 0 Å². The van der Waals surface area contributed by atoms with E-state index in [1.807, 2.05) is 0 Å². The Morgan fingerprint density at radius 2 is 1.83 bits per heavy atom. The van der Waals surface area contributed by atoms with E-state index in [0.717, 1.165) is 37.7 Å². The number of aromatic nitrogens is 3. The first-order valence-electron chi connectivity index (χ1n) is 10.9. The van der Waals surface area contributed by atoms with Crippen LogP contribution in [0.2, 0.25) is 0 Å². The fraction of sp³-hybridized carbons (Fsp3) is 0.375. The lowest BCUT2D eigenvalue weighted by Crippen LogP contribution is -2.46. The van der Waals surface area contributed by atoms with Gasteiger partial charge in [-0.2, -0.15) is 13.2 Å². The summed E-state index contributed by atoms with van der Waals surface area (Å²) in [5, 5.41) is 0. The van der Waals surface area contributed by atoms with Crippen LogP contribution in [0.1, 0.15) is 35.6 Å². The third kappa shape index (κ3) is 4.54. The molecule has 1 aromatic carbocycles. The zero-order valence-corrected chi connectivity index (χ0v) is 19.4. The SMILES string of the molecule is Cc1cn(-c2ccc3n(c2=O)CCN(CCOc2ccc(F)cc2C(C)(C)C(F)(F)F)C3=O)cn1. The molecule has 4 rings (SSSR count). The molecule has 0 spiro atoms. The largest absolute Gasteiger partial charge is 0.491 e. The summed E-state index contributed by atoms with van der Waals surface area (Å²) in [5.74, 6) is -1.29. The number of carbonyl (C=O) groups is 1. The van der Waals surface area contributed by atoms with Crippen molar-refractivity contribution in [3.63, 3.8) is 0 Å². The molecule has 35 heavy (non-hydrogen) atoms. The molecule has 11 heteroatoms. The van der Waals surface area contributed by atoms with E-state index in [1.54, 1.807) is 29.8 Å². The van der Waals surface area contributed by atoms with E-state index in [0.29, 0.717) is 5.69 Å². The number of imidazole rings is 1. The molecule has 1 aliphatic rings. The first kappa shape index (κ1) is 24.5. The molecule has 0 fully saturated rings. The molecule has 0 atom stereocenters. The van der Waals surface area contributed by atoms with Gasteiger partial charge < -0.3 is 18.8 Å². The average molecular weight is 492 g/mol. The summed E-state index contributed by atoms with van der Waals surface area (Å²) in [6.45, 7) is 4.17. The molecule has 1 amide bonds. The number of halogens is 4. The van der Waals surface area contributed by atoms with Crippen LogP contribution in [0.5, 0.6) is 5.75 Å². The second-order valence-corrected chi connectivity index (χ2v) is 8.89. The Morgan fingerprint density at radius 3 is 2.49 bits per heavy atom. The first-order valence-corrected chi connectivity index (χ1v) is 10.9. The second kappa shape index (κ2) is 8.86. The molecule has 1 aliphatic heterocycles. The van der Waals surface area contributed by atoms with Gasteiger partial charge in [-0.05, 0) is 51.1 Å². The van der Waals surface area contributed by atoms with Crippen molar-refractivity contribution < 1.29 is 27.1 Å². The van der Waals surface area contributed by atoms with E-state index < -0.39 is 17.4 Å². The molecule has 0 bridgehead atoms. The highest BCUT2D eigenvalue weighted by atomic mass is 19.4. The van der Waals surface area contributed by atoms with E-state index in [1.165, 1.54) is 15.8 Å². The normalized spacial score (nSPS) is 14.3. The Bertz CT molecular complexity index is 1330. The molecule has 186 valence electrons. The monoisotopic (exact) mass is 492 g/mol. The number of hydrogen-bond acceptors (Lipinski definition) is 4. The summed E-state index contributed by atoms with van der Waals surface area (Å²) in [4.78, 5) is 31.4. The Kier molecular flexibility index (Phi) is 6.20. The minimum absolute atomic E-state index is 0.0821. The predicted octanol–water partition coefficient (Wildman–Crippen LogP) is 3.86. The predicted molar refractivity (Wildman–Crippen MR) is 119 cm³/mol. The Labute approximate surface area is 198 Å². The molecular weight excluding hydrogens is 468 g/mol. The van der Waals surface area contributed by atoms with Crippen molar-refractivity contribution in [2.24, 2.45) is 0 Å². The zero-order valence-electron chi connectivity index (χ0n) is 19.4. The third-order valence-electron chi connectivity index (χ3n) is 6.19. The van der Waals surface area contributed by atoms with Crippen LogP contribution in [0.4, 0.5) is 17.6 Å². The molecule has 0 aliphatic carbocycles. The molecule has 0 saturated carbocycles. The van der Waals surface area contributed by atoms with E-state index >= 15 is 0 Å². The lowest BCUT2D eigenvalue weighted by molar-refractivity contribution is -0.180. The lowest BCUT2D eigenvalue weighted by atomic mass is 9.83. The Morgan fingerprint density at radius 1 is 1.09 bits per heavy atom. The average Bonchev–Trinajstić information content (AvgIpc) is 3.21. The maximum absolute atomic E-state index is 13.7. The fourth-order valence-corrected chi connectivity index (χ4v) is 3.96. The summed E-state index contributed by atoms with van der Waals surface area (Å²) in [5.41, 5.74) is -1.66. The van der Waals surface area contributed by atoms with E-state index in [2.05, 4.69) is 4.98 Å². The van der Waals surface area contributed by atoms with Gasteiger partial charge in [-0.1, -0.05) is 0 Å². The van der Waals surface area contributed by atoms with Crippen molar-refractivity contribution in [2.45, 2.75) is 38.9 Å². The smallest absolute Gasteiger partial charge is 0.398 e. The van der Waals surface area contributed by atoms with Crippen molar-refractivity contribution in [3.8, 4) is 11.4 Å². The summed E-state index contributed by atoms with van der Waals surface area (Å²) < 4.78 is 62.9. The number of amides is 1. The van der Waals surface area contributed by atoms with E-state index in [-0.39, 0.29) is 54.7 Å². The van der Waals surface area contributed by atoms with Crippen molar-refractivity contribution in [1.29, 1.82) is 0 Å². The van der Waals surface area contributed by atoms with Crippen LogP contribution in [0.15, 0.2) is 47.7 Å². The Balaban J connectivity index is 1.49. The number of fused-ring (bicyclic) bond motifs is 1. The number of rotatable bonds is 6.